The molecule has 1 rings (SSSR count). The van der Waals surface area contributed by atoms with Gasteiger partial charge in [0.1, 0.15) is 0 Å². The van der Waals surface area contributed by atoms with Crippen LogP contribution < -0.4 is 0 Å². The summed E-state index contributed by atoms with van der Waals surface area (Å²) in [5, 5.41) is 0.594. The minimum Gasteiger partial charge on any atom is -0.330 e. The van der Waals surface area contributed by atoms with E-state index in [4.69, 9.17) is 4.84 Å². The Morgan fingerprint density at radius 1 is 0.923 bits per heavy atom. The van der Waals surface area contributed by atoms with E-state index in [1.165, 1.54) is 6.26 Å². The van der Waals surface area contributed by atoms with Gasteiger partial charge in [0.2, 0.25) is 0 Å². The Morgan fingerprint density at radius 3 is 1.88 bits per heavy atom. The Kier molecular flexibility index (Phi) is 10.9. The predicted octanol–water partition coefficient (Wildman–Crippen LogP) is 3.19. The second-order valence-corrected chi connectivity index (χ2v) is 11.1. The highest BCUT2D eigenvalue weighted by Gasteiger charge is 2.32. The quantitative estimate of drug-likeness (QED) is 0.248. The normalized spacial score (nSPS) is 14.9. The van der Waals surface area contributed by atoms with Crippen LogP contribution in [-0.4, -0.2) is 43.3 Å². The number of hydrogen-bond acceptors (Lipinski definition) is 7. The van der Waals surface area contributed by atoms with Crippen molar-refractivity contribution in [3.63, 3.8) is 0 Å². The molecule has 0 aliphatic carbocycles. The number of carbonyl (C=O) groups is 3. The van der Waals surface area contributed by atoms with E-state index >= 15 is 0 Å². The average Bonchev–Trinajstić information content (AvgIpc) is 2.86. The highest BCUT2D eigenvalue weighted by molar-refractivity contribution is 8.71. The number of unbranched alkanes of at least 4 members (excludes halogenated alkanes) is 8. The molecule has 0 spiro atoms. The van der Waals surface area contributed by atoms with Crippen molar-refractivity contribution in [1.29, 1.82) is 0 Å². The van der Waals surface area contributed by atoms with Crippen LogP contribution in [0.15, 0.2) is 0 Å². The van der Waals surface area contributed by atoms with Gasteiger partial charge in [-0.15, -0.1) is 5.06 Å². The van der Waals surface area contributed by atoms with E-state index in [2.05, 4.69) is 0 Å². The highest BCUT2D eigenvalue weighted by atomic mass is 33.1. The molecule has 1 aliphatic heterocycles. The Morgan fingerprint density at radius 2 is 1.38 bits per heavy atom. The van der Waals surface area contributed by atoms with Crippen LogP contribution >= 0.6 is 10.8 Å². The van der Waals surface area contributed by atoms with Crippen LogP contribution in [0, 0.1) is 0 Å². The molecule has 1 heterocycles. The number of amides is 2. The molecule has 1 fully saturated rings. The molecule has 0 aromatic carbocycles. The minimum absolute atomic E-state index is 0.114. The summed E-state index contributed by atoms with van der Waals surface area (Å²) in [6, 6.07) is 0. The lowest BCUT2D eigenvalue weighted by Gasteiger charge is -2.12. The summed E-state index contributed by atoms with van der Waals surface area (Å²) in [5.41, 5.74) is 0. The third kappa shape index (κ3) is 10.8. The summed E-state index contributed by atoms with van der Waals surface area (Å²) in [4.78, 5) is 39.1. The summed E-state index contributed by atoms with van der Waals surface area (Å²) >= 11 is 0. The van der Waals surface area contributed by atoms with Gasteiger partial charge < -0.3 is 4.84 Å². The Hall–Kier alpha value is -1.09. The van der Waals surface area contributed by atoms with Gasteiger partial charge in [-0.1, -0.05) is 44.9 Å². The van der Waals surface area contributed by atoms with Crippen molar-refractivity contribution in [2.24, 2.45) is 0 Å². The van der Waals surface area contributed by atoms with Crippen molar-refractivity contribution >= 4 is 37.4 Å². The van der Waals surface area contributed by atoms with Gasteiger partial charge in [-0.3, -0.25) is 9.59 Å². The summed E-state index contributed by atoms with van der Waals surface area (Å²) < 4.78 is 21.9. The fourth-order valence-electron chi connectivity index (χ4n) is 2.62. The molecule has 0 aromatic rings. The van der Waals surface area contributed by atoms with Crippen molar-refractivity contribution in [2.75, 3.05) is 12.0 Å². The first-order valence-corrected chi connectivity index (χ1v) is 12.6. The Balaban J connectivity index is 1.88. The zero-order chi connectivity index (χ0) is 19.4. The Bertz CT molecular complexity index is 560. The van der Waals surface area contributed by atoms with Gasteiger partial charge in [-0.05, 0) is 23.6 Å². The lowest BCUT2D eigenvalue weighted by atomic mass is 10.1. The smallest absolute Gasteiger partial charge is 0.330 e. The Labute approximate surface area is 159 Å². The van der Waals surface area contributed by atoms with E-state index < -0.39 is 26.7 Å². The maximum Gasteiger partial charge on any atom is 0.333 e. The van der Waals surface area contributed by atoms with Gasteiger partial charge in [0.25, 0.3) is 11.8 Å². The van der Waals surface area contributed by atoms with E-state index in [0.29, 0.717) is 17.2 Å². The minimum atomic E-state index is -2.91. The van der Waals surface area contributed by atoms with Crippen LogP contribution in [-0.2, 0) is 28.1 Å². The third-order valence-electron chi connectivity index (χ3n) is 4.02. The lowest BCUT2D eigenvalue weighted by molar-refractivity contribution is -0.197. The molecule has 1 saturated heterocycles. The second-order valence-electron chi connectivity index (χ2n) is 6.50. The number of hydrogen-bond donors (Lipinski definition) is 0. The maximum absolute atomic E-state index is 11.6. The number of nitrogens with zero attached hydrogens (tertiary/aromatic N) is 1. The van der Waals surface area contributed by atoms with E-state index in [1.807, 2.05) is 0 Å². The van der Waals surface area contributed by atoms with Crippen molar-refractivity contribution < 1.29 is 27.6 Å². The molecular formula is C17H29NO6S2. The number of rotatable bonds is 14. The lowest BCUT2D eigenvalue weighted by Crippen LogP contribution is -2.31. The summed E-state index contributed by atoms with van der Waals surface area (Å²) in [7, 11) is -1.89. The fourth-order valence-corrected chi connectivity index (χ4v) is 4.51. The van der Waals surface area contributed by atoms with E-state index in [9.17, 15) is 22.8 Å². The van der Waals surface area contributed by atoms with Crippen molar-refractivity contribution in [2.45, 2.75) is 77.0 Å². The molecule has 0 saturated carbocycles. The first-order chi connectivity index (χ1) is 12.3. The van der Waals surface area contributed by atoms with Crippen molar-refractivity contribution in [1.82, 2.24) is 5.06 Å². The molecule has 0 radical (unpaired) electrons. The van der Waals surface area contributed by atoms with Gasteiger partial charge in [-0.2, -0.15) is 0 Å². The molecular weight excluding hydrogens is 378 g/mol. The summed E-state index contributed by atoms with van der Waals surface area (Å²) in [5.74, 6) is -0.749. The number of carbonyl (C=O) groups excluding carboxylic acids is 3. The molecule has 150 valence electrons. The van der Waals surface area contributed by atoms with Crippen LogP contribution in [0.2, 0.25) is 0 Å². The fraction of sp³-hybridized carbons (Fsp3) is 0.824. The second kappa shape index (κ2) is 12.3. The summed E-state index contributed by atoms with van der Waals surface area (Å²) in [6.45, 7) is 0. The molecule has 2 amide bonds. The van der Waals surface area contributed by atoms with Gasteiger partial charge in [-0.25, -0.2) is 13.2 Å². The first-order valence-electron chi connectivity index (χ1n) is 9.20. The topological polar surface area (TPSA) is 97.8 Å². The molecule has 0 aromatic heterocycles. The van der Waals surface area contributed by atoms with Gasteiger partial charge in [0, 0.05) is 31.3 Å². The molecule has 26 heavy (non-hydrogen) atoms. The standard InChI is InChI=1S/C17H29NO6S2/c1-26(22,23)25-14-10-8-6-4-2-3-5-7-9-11-17(21)24-18-15(19)12-13-16(18)20/h2-14H2,1H3. The molecule has 0 bridgehead atoms. The number of hydroxylamine groups is 2. The third-order valence-corrected chi connectivity index (χ3v) is 6.69. The van der Waals surface area contributed by atoms with Crippen LogP contribution in [0.25, 0.3) is 0 Å². The van der Waals surface area contributed by atoms with Crippen LogP contribution in [0.3, 0.4) is 0 Å². The zero-order valence-electron chi connectivity index (χ0n) is 15.4. The van der Waals surface area contributed by atoms with Crippen LogP contribution in [0.4, 0.5) is 0 Å². The molecule has 7 nitrogen and oxygen atoms in total. The molecule has 1 aliphatic rings. The molecule has 0 N–H and O–H groups in total. The van der Waals surface area contributed by atoms with E-state index in [0.717, 1.165) is 62.2 Å². The highest BCUT2D eigenvalue weighted by Crippen LogP contribution is 2.16. The predicted molar refractivity (Wildman–Crippen MR) is 101 cm³/mol. The average molecular weight is 408 g/mol. The molecule has 9 heteroatoms. The molecule has 0 atom stereocenters. The zero-order valence-corrected chi connectivity index (χ0v) is 17.0. The number of imide groups is 1. The largest absolute Gasteiger partial charge is 0.333 e. The van der Waals surface area contributed by atoms with Gasteiger partial charge >= 0.3 is 5.97 Å². The monoisotopic (exact) mass is 407 g/mol. The van der Waals surface area contributed by atoms with Gasteiger partial charge in [0.15, 0.2) is 8.87 Å². The SMILES string of the molecule is CS(=O)(=O)SCCCCCCCCCCCC(=O)ON1C(=O)CCC1=O. The van der Waals surface area contributed by atoms with Gasteiger partial charge in [0.05, 0.1) is 0 Å². The first kappa shape index (κ1) is 23.0. The van der Waals surface area contributed by atoms with Crippen LogP contribution in [0.1, 0.15) is 77.0 Å². The molecule has 0 unspecified atom stereocenters. The summed E-state index contributed by atoms with van der Waals surface area (Å²) in [6.07, 6.45) is 10.8. The van der Waals surface area contributed by atoms with Crippen molar-refractivity contribution in [3.8, 4) is 0 Å². The van der Waals surface area contributed by atoms with Crippen molar-refractivity contribution in [3.05, 3.63) is 0 Å². The van der Waals surface area contributed by atoms with E-state index in [-0.39, 0.29) is 19.3 Å². The van der Waals surface area contributed by atoms with E-state index in [1.54, 1.807) is 0 Å². The van der Waals surface area contributed by atoms with Crippen LogP contribution in [0.5, 0.6) is 0 Å². The maximum atomic E-state index is 11.6.